The minimum Gasteiger partial charge on any atom is -0.481 e. The van der Waals surface area contributed by atoms with Gasteiger partial charge in [0.1, 0.15) is 5.75 Å². The molecule has 2 aromatic rings. The van der Waals surface area contributed by atoms with Crippen molar-refractivity contribution in [3.63, 3.8) is 0 Å². The Balaban J connectivity index is 2.04. The number of aliphatic carboxylic acids is 1. The van der Waals surface area contributed by atoms with Gasteiger partial charge in [0.2, 0.25) is 0 Å². The summed E-state index contributed by atoms with van der Waals surface area (Å²) >= 11 is 0.848. The van der Waals surface area contributed by atoms with Gasteiger partial charge in [-0.2, -0.15) is 0 Å². The summed E-state index contributed by atoms with van der Waals surface area (Å²) in [7, 11) is 0. The van der Waals surface area contributed by atoms with Gasteiger partial charge in [-0.05, 0) is 34.9 Å². The number of fused-ring (bicyclic) bond motifs is 1. The Labute approximate surface area is 135 Å². The maximum Gasteiger partial charge on any atom is 0.341 e. The lowest BCUT2D eigenvalue weighted by molar-refractivity contribution is -0.139. The first-order chi connectivity index (χ1) is 11.0. The summed E-state index contributed by atoms with van der Waals surface area (Å²) in [4.78, 5) is 33.9. The van der Waals surface area contributed by atoms with Gasteiger partial charge in [0.05, 0.1) is 4.91 Å². The highest BCUT2D eigenvalue weighted by molar-refractivity contribution is 8.18. The number of imide groups is 1. The van der Waals surface area contributed by atoms with E-state index in [4.69, 9.17) is 9.84 Å². The fraction of sp³-hybridized carbons (Fsp3) is 0.0625. The first-order valence-electron chi connectivity index (χ1n) is 6.66. The van der Waals surface area contributed by atoms with Crippen LogP contribution in [0.4, 0.5) is 4.79 Å². The van der Waals surface area contributed by atoms with Gasteiger partial charge in [0, 0.05) is 5.39 Å². The van der Waals surface area contributed by atoms with Gasteiger partial charge in [-0.25, -0.2) is 4.79 Å². The smallest absolute Gasteiger partial charge is 0.341 e. The molecule has 0 unspecified atom stereocenters. The lowest BCUT2D eigenvalue weighted by Gasteiger charge is -2.10. The van der Waals surface area contributed by atoms with E-state index in [0.29, 0.717) is 10.7 Å². The SMILES string of the molecule is O=C(O)COc1ccc(C=C2SC(=O)NC2=O)c2ccccc12. The lowest BCUT2D eigenvalue weighted by atomic mass is 10.0. The molecule has 2 N–H and O–H groups in total. The molecule has 0 aromatic heterocycles. The van der Waals surface area contributed by atoms with Gasteiger partial charge in [-0.1, -0.05) is 30.3 Å². The zero-order chi connectivity index (χ0) is 16.4. The summed E-state index contributed by atoms with van der Waals surface area (Å²) < 4.78 is 5.29. The van der Waals surface area contributed by atoms with E-state index in [-0.39, 0.29) is 0 Å². The summed E-state index contributed by atoms with van der Waals surface area (Å²) in [5.41, 5.74) is 0.746. The van der Waals surface area contributed by atoms with Crippen LogP contribution in [0.3, 0.4) is 0 Å². The quantitative estimate of drug-likeness (QED) is 0.838. The number of carbonyl (C=O) groups is 3. The third-order valence-corrected chi connectivity index (χ3v) is 4.01. The number of carboxylic acid groups (broad SMARTS) is 1. The molecule has 0 atom stereocenters. The Morgan fingerprint density at radius 1 is 1.17 bits per heavy atom. The average Bonchev–Trinajstić information content (AvgIpc) is 2.84. The van der Waals surface area contributed by atoms with Crippen LogP contribution in [0.2, 0.25) is 0 Å². The van der Waals surface area contributed by atoms with Gasteiger partial charge in [-0.15, -0.1) is 0 Å². The van der Waals surface area contributed by atoms with E-state index in [9.17, 15) is 14.4 Å². The Morgan fingerprint density at radius 3 is 2.57 bits per heavy atom. The fourth-order valence-electron chi connectivity index (χ4n) is 2.25. The minimum atomic E-state index is -1.06. The molecule has 0 aliphatic carbocycles. The molecule has 2 aromatic carbocycles. The Hall–Kier alpha value is -2.80. The molecule has 1 heterocycles. The number of carbonyl (C=O) groups excluding carboxylic acids is 2. The van der Waals surface area contributed by atoms with Crippen molar-refractivity contribution in [2.45, 2.75) is 0 Å². The number of carboxylic acids is 1. The van der Waals surface area contributed by atoms with Crippen LogP contribution in [-0.2, 0) is 9.59 Å². The van der Waals surface area contributed by atoms with Crippen molar-refractivity contribution < 1.29 is 24.2 Å². The maximum atomic E-state index is 11.7. The normalized spacial score (nSPS) is 15.9. The highest BCUT2D eigenvalue weighted by Crippen LogP contribution is 2.32. The third-order valence-electron chi connectivity index (χ3n) is 3.20. The highest BCUT2D eigenvalue weighted by atomic mass is 32.2. The van der Waals surface area contributed by atoms with Gasteiger partial charge >= 0.3 is 5.97 Å². The first kappa shape index (κ1) is 15.1. The van der Waals surface area contributed by atoms with E-state index < -0.39 is 23.7 Å². The summed E-state index contributed by atoms with van der Waals surface area (Å²) in [6, 6.07) is 10.7. The third kappa shape index (κ3) is 3.19. The molecule has 7 heteroatoms. The summed E-state index contributed by atoms with van der Waals surface area (Å²) in [6.45, 7) is -0.433. The molecule has 0 radical (unpaired) electrons. The molecule has 23 heavy (non-hydrogen) atoms. The second kappa shape index (κ2) is 6.13. The van der Waals surface area contributed by atoms with Crippen molar-refractivity contribution in [3.8, 4) is 5.75 Å². The van der Waals surface area contributed by atoms with Gasteiger partial charge in [0.15, 0.2) is 6.61 Å². The lowest BCUT2D eigenvalue weighted by Crippen LogP contribution is -2.17. The molecular weight excluding hydrogens is 318 g/mol. The van der Waals surface area contributed by atoms with Crippen LogP contribution in [0.25, 0.3) is 16.8 Å². The predicted molar refractivity (Wildman–Crippen MR) is 86.2 cm³/mol. The van der Waals surface area contributed by atoms with Crippen molar-refractivity contribution in [1.29, 1.82) is 0 Å². The molecule has 116 valence electrons. The van der Waals surface area contributed by atoms with Gasteiger partial charge in [0.25, 0.3) is 11.1 Å². The second-order valence-corrected chi connectivity index (χ2v) is 5.75. The number of amides is 2. The van der Waals surface area contributed by atoms with Crippen LogP contribution in [0, 0.1) is 0 Å². The Kier molecular flexibility index (Phi) is 4.03. The van der Waals surface area contributed by atoms with Crippen LogP contribution < -0.4 is 10.1 Å². The number of benzene rings is 2. The minimum absolute atomic E-state index is 0.319. The van der Waals surface area contributed by atoms with E-state index >= 15 is 0 Å². The Bertz CT molecular complexity index is 859. The second-order valence-electron chi connectivity index (χ2n) is 4.73. The number of hydrogen-bond donors (Lipinski definition) is 2. The monoisotopic (exact) mass is 329 g/mol. The van der Waals surface area contributed by atoms with E-state index in [2.05, 4.69) is 5.32 Å². The van der Waals surface area contributed by atoms with Crippen LogP contribution in [-0.4, -0.2) is 28.8 Å². The molecule has 0 bridgehead atoms. The largest absolute Gasteiger partial charge is 0.481 e. The predicted octanol–water partition coefficient (Wildman–Crippen LogP) is 2.63. The molecule has 1 fully saturated rings. The number of thioether (sulfide) groups is 1. The zero-order valence-corrected chi connectivity index (χ0v) is 12.6. The summed E-state index contributed by atoms with van der Waals surface area (Å²) in [5, 5.41) is 12.1. The molecule has 6 nitrogen and oxygen atoms in total. The molecule has 1 saturated heterocycles. The van der Waals surface area contributed by atoms with Crippen LogP contribution in [0.5, 0.6) is 5.75 Å². The highest BCUT2D eigenvalue weighted by Gasteiger charge is 2.25. The van der Waals surface area contributed by atoms with Crippen LogP contribution >= 0.6 is 11.8 Å². The van der Waals surface area contributed by atoms with Crippen molar-refractivity contribution in [2.24, 2.45) is 0 Å². The van der Waals surface area contributed by atoms with Crippen LogP contribution in [0.15, 0.2) is 41.3 Å². The maximum absolute atomic E-state index is 11.7. The average molecular weight is 329 g/mol. The number of nitrogens with one attached hydrogen (secondary N) is 1. The van der Waals surface area contributed by atoms with E-state index in [0.717, 1.165) is 28.1 Å². The van der Waals surface area contributed by atoms with Gasteiger partial charge < -0.3 is 9.84 Å². The summed E-state index contributed by atoms with van der Waals surface area (Å²) in [6.07, 6.45) is 1.63. The molecule has 2 amide bonds. The fourth-order valence-corrected chi connectivity index (χ4v) is 2.92. The number of ether oxygens (including phenoxy) is 1. The number of rotatable bonds is 4. The standard InChI is InChI=1S/C16H11NO5S/c18-14(19)8-22-12-6-5-9(10-3-1-2-4-11(10)12)7-13-15(20)17-16(21)23-13/h1-7H,8H2,(H,18,19)(H,17,20,21). The van der Waals surface area contributed by atoms with Crippen molar-refractivity contribution in [1.82, 2.24) is 5.32 Å². The molecule has 0 spiro atoms. The van der Waals surface area contributed by atoms with Crippen molar-refractivity contribution in [2.75, 3.05) is 6.61 Å². The molecule has 3 rings (SSSR count). The first-order valence-corrected chi connectivity index (χ1v) is 7.47. The molecule has 1 aliphatic heterocycles. The van der Waals surface area contributed by atoms with Gasteiger partial charge in [-0.3, -0.25) is 14.9 Å². The summed E-state index contributed by atoms with van der Waals surface area (Å²) in [5.74, 6) is -1.03. The van der Waals surface area contributed by atoms with E-state index in [1.165, 1.54) is 0 Å². The zero-order valence-electron chi connectivity index (χ0n) is 11.7. The van der Waals surface area contributed by atoms with E-state index in [1.54, 1.807) is 18.2 Å². The topological polar surface area (TPSA) is 92.7 Å². The van der Waals surface area contributed by atoms with Crippen molar-refractivity contribution in [3.05, 3.63) is 46.9 Å². The number of hydrogen-bond acceptors (Lipinski definition) is 5. The van der Waals surface area contributed by atoms with Crippen LogP contribution in [0.1, 0.15) is 5.56 Å². The van der Waals surface area contributed by atoms with E-state index in [1.807, 2.05) is 24.3 Å². The molecule has 0 saturated carbocycles. The Morgan fingerprint density at radius 2 is 1.91 bits per heavy atom. The van der Waals surface area contributed by atoms with Crippen molar-refractivity contribution >= 4 is 45.7 Å². The molecule has 1 aliphatic rings. The molecular formula is C16H11NO5S.